The molecule has 0 saturated carbocycles. The molecule has 0 N–H and O–H groups in total. The lowest BCUT2D eigenvalue weighted by Crippen LogP contribution is -2.34. The molecule has 1 aliphatic carbocycles. The third kappa shape index (κ3) is 4.60. The highest BCUT2D eigenvalue weighted by atomic mass is 79.9. The number of benzene rings is 3. The van der Waals surface area contributed by atoms with Crippen LogP contribution >= 0.6 is 55.2 Å². The van der Waals surface area contributed by atoms with E-state index in [-0.39, 0.29) is 6.04 Å². The van der Waals surface area contributed by atoms with Crippen LogP contribution in [0.15, 0.2) is 109 Å². The normalized spacial score (nSPS) is 20.5. The molecule has 0 radical (unpaired) electrons. The number of rotatable bonds is 3. The molecule has 6 heteroatoms. The molecule has 2 heterocycles. The number of nitrogens with zero attached hydrogens (tertiary/aromatic N) is 2. The van der Waals surface area contributed by atoms with Gasteiger partial charge in [0.2, 0.25) is 0 Å². The molecule has 0 unspecified atom stereocenters. The summed E-state index contributed by atoms with van der Waals surface area (Å²) < 4.78 is 2.18. The highest BCUT2D eigenvalue weighted by molar-refractivity contribution is 9.10. The quantitative estimate of drug-likeness (QED) is 0.288. The Morgan fingerprint density at radius 3 is 2.29 bits per heavy atom. The van der Waals surface area contributed by atoms with Crippen molar-refractivity contribution in [3.05, 3.63) is 126 Å². The van der Waals surface area contributed by atoms with Gasteiger partial charge in [-0.05, 0) is 89.6 Å². The van der Waals surface area contributed by atoms with Crippen molar-refractivity contribution in [3.63, 3.8) is 0 Å². The van der Waals surface area contributed by atoms with E-state index < -0.39 is 0 Å². The van der Waals surface area contributed by atoms with Gasteiger partial charge in [0.05, 0.1) is 17.4 Å². The maximum absolute atomic E-state index is 6.19. The second-order valence-corrected chi connectivity index (χ2v) is 11.9. The van der Waals surface area contributed by atoms with Gasteiger partial charge in [0.15, 0.2) is 5.17 Å². The van der Waals surface area contributed by atoms with Gasteiger partial charge in [0, 0.05) is 19.4 Å². The van der Waals surface area contributed by atoms with Crippen LogP contribution in [0, 0.1) is 0 Å². The Morgan fingerprint density at radius 1 is 0.886 bits per heavy atom. The summed E-state index contributed by atoms with van der Waals surface area (Å²) in [5.41, 5.74) is 8.70. The van der Waals surface area contributed by atoms with Crippen LogP contribution in [0.25, 0.3) is 11.8 Å². The Balaban J connectivity index is 1.48. The summed E-state index contributed by atoms with van der Waals surface area (Å²) in [7, 11) is 0. The van der Waals surface area contributed by atoms with E-state index in [0.717, 1.165) is 49.7 Å². The minimum Gasteiger partial charge on any atom is -0.308 e. The Bertz CT molecular complexity index is 1400. The minimum atomic E-state index is 0.108. The fourth-order valence-electron chi connectivity index (χ4n) is 4.95. The van der Waals surface area contributed by atoms with Gasteiger partial charge in [-0.25, -0.2) is 4.99 Å². The monoisotopic (exact) mass is 622 g/mol. The van der Waals surface area contributed by atoms with Crippen molar-refractivity contribution in [2.24, 2.45) is 4.99 Å². The summed E-state index contributed by atoms with van der Waals surface area (Å²) in [6.45, 7) is 0. The molecule has 6 rings (SSSR count). The van der Waals surface area contributed by atoms with Crippen molar-refractivity contribution >= 4 is 72.2 Å². The van der Waals surface area contributed by atoms with Crippen molar-refractivity contribution in [1.29, 1.82) is 0 Å². The van der Waals surface area contributed by atoms with Gasteiger partial charge < -0.3 is 4.90 Å². The van der Waals surface area contributed by atoms with E-state index in [1.165, 1.54) is 28.0 Å². The smallest absolute Gasteiger partial charge is 0.174 e. The van der Waals surface area contributed by atoms with Crippen LogP contribution in [-0.2, 0) is 0 Å². The van der Waals surface area contributed by atoms with Gasteiger partial charge in [-0.1, -0.05) is 91.6 Å². The molecule has 0 bridgehead atoms. The number of amidine groups is 1. The van der Waals surface area contributed by atoms with Gasteiger partial charge in [-0.15, -0.1) is 0 Å². The lowest BCUT2D eigenvalue weighted by Gasteiger charge is -2.40. The molecule has 2 nitrogen and oxygen atoms in total. The number of aliphatic imine (C=N–C) groups is 1. The number of thioether (sulfide) groups is 1. The Kier molecular flexibility index (Phi) is 6.52. The van der Waals surface area contributed by atoms with Gasteiger partial charge in [0.1, 0.15) is 0 Å². The summed E-state index contributed by atoms with van der Waals surface area (Å²) in [4.78, 5) is 7.68. The zero-order valence-electron chi connectivity index (χ0n) is 18.7. The van der Waals surface area contributed by atoms with Crippen LogP contribution in [0.5, 0.6) is 0 Å². The molecule has 0 fully saturated rings. The fraction of sp³-hybridized carbons (Fsp3) is 0.138. The van der Waals surface area contributed by atoms with Crippen molar-refractivity contribution in [1.82, 2.24) is 4.90 Å². The Labute approximate surface area is 231 Å². The summed E-state index contributed by atoms with van der Waals surface area (Å²) in [6, 6.07) is 25.5. The van der Waals surface area contributed by atoms with E-state index in [2.05, 4.69) is 109 Å². The van der Waals surface area contributed by atoms with Crippen molar-refractivity contribution < 1.29 is 0 Å². The van der Waals surface area contributed by atoms with Crippen LogP contribution in [-0.4, -0.2) is 10.1 Å². The molecule has 3 aliphatic rings. The topological polar surface area (TPSA) is 15.6 Å². The predicted molar refractivity (Wildman–Crippen MR) is 156 cm³/mol. The van der Waals surface area contributed by atoms with Gasteiger partial charge in [-0.3, -0.25) is 0 Å². The summed E-state index contributed by atoms with van der Waals surface area (Å²) in [5, 5.41) is 4.01. The van der Waals surface area contributed by atoms with Crippen LogP contribution < -0.4 is 0 Å². The molecule has 3 aromatic carbocycles. The van der Waals surface area contributed by atoms with E-state index in [1.54, 1.807) is 11.8 Å². The SMILES string of the molecule is Clc1ccc(C2=CSC3=NC4=C(CCC/C4=C\c4ccc(Br)cc4)[C@H](c4ccc(Br)cc4)N23)cc1. The van der Waals surface area contributed by atoms with Crippen molar-refractivity contribution in [3.8, 4) is 0 Å². The zero-order chi connectivity index (χ0) is 23.9. The van der Waals surface area contributed by atoms with Crippen LogP contribution in [0.3, 0.4) is 0 Å². The third-order valence-electron chi connectivity index (χ3n) is 6.57. The van der Waals surface area contributed by atoms with E-state index in [1.807, 2.05) is 12.1 Å². The number of allylic oxidation sites excluding steroid dienone is 1. The first-order chi connectivity index (χ1) is 17.1. The largest absolute Gasteiger partial charge is 0.308 e. The van der Waals surface area contributed by atoms with Crippen molar-refractivity contribution in [2.45, 2.75) is 25.3 Å². The number of fused-ring (bicyclic) bond motifs is 1. The zero-order valence-corrected chi connectivity index (χ0v) is 23.5. The molecule has 174 valence electrons. The van der Waals surface area contributed by atoms with Gasteiger partial charge >= 0.3 is 0 Å². The summed E-state index contributed by atoms with van der Waals surface area (Å²) in [5.74, 6) is 0. The first-order valence-electron chi connectivity index (χ1n) is 11.5. The standard InChI is InChI=1S/C29H21Br2ClN2S/c30-22-10-4-18(5-11-22)16-21-2-1-3-25-27(21)33-29-34(28(25)20-6-12-23(31)13-7-20)26(17-35-29)19-8-14-24(32)15-9-19/h4-17,28H,1-3H2/b21-16+/t28-/m0/s1. The van der Waals surface area contributed by atoms with Gasteiger partial charge in [0.25, 0.3) is 0 Å². The summed E-state index contributed by atoms with van der Waals surface area (Å²) >= 11 is 15.1. The second kappa shape index (κ2) is 9.78. The van der Waals surface area contributed by atoms with Crippen LogP contribution in [0.1, 0.15) is 42.0 Å². The molecule has 0 saturated heterocycles. The molecule has 3 aromatic rings. The second-order valence-electron chi connectivity index (χ2n) is 8.79. The fourth-order valence-corrected chi connectivity index (χ4v) is 6.53. The minimum absolute atomic E-state index is 0.108. The van der Waals surface area contributed by atoms with Crippen molar-refractivity contribution in [2.75, 3.05) is 0 Å². The highest BCUT2D eigenvalue weighted by Gasteiger charge is 2.40. The summed E-state index contributed by atoms with van der Waals surface area (Å²) in [6.07, 6.45) is 5.52. The molecule has 1 atom stereocenters. The molecule has 0 amide bonds. The maximum Gasteiger partial charge on any atom is 0.174 e. The Hall–Kier alpha value is -2.05. The number of hydrogen-bond acceptors (Lipinski definition) is 3. The predicted octanol–water partition coefficient (Wildman–Crippen LogP) is 9.84. The van der Waals surface area contributed by atoms with E-state index in [4.69, 9.17) is 16.6 Å². The number of hydrogen-bond donors (Lipinski definition) is 0. The first kappa shape index (κ1) is 23.4. The number of halogens is 3. The molecule has 0 aromatic heterocycles. The third-order valence-corrected chi connectivity index (χ3v) is 8.72. The average molecular weight is 625 g/mol. The lowest BCUT2D eigenvalue weighted by atomic mass is 9.83. The average Bonchev–Trinajstić information content (AvgIpc) is 3.29. The highest BCUT2D eigenvalue weighted by Crippen LogP contribution is 2.51. The molecular formula is C29H21Br2ClN2S. The van der Waals surface area contributed by atoms with Crippen LogP contribution in [0.4, 0.5) is 0 Å². The first-order valence-corrected chi connectivity index (χ1v) is 14.4. The van der Waals surface area contributed by atoms with Crippen LogP contribution in [0.2, 0.25) is 5.02 Å². The van der Waals surface area contributed by atoms with E-state index in [9.17, 15) is 0 Å². The molecular weight excluding hydrogens is 604 g/mol. The van der Waals surface area contributed by atoms with Gasteiger partial charge in [-0.2, -0.15) is 0 Å². The molecule has 35 heavy (non-hydrogen) atoms. The van der Waals surface area contributed by atoms with E-state index >= 15 is 0 Å². The Morgan fingerprint density at radius 2 is 1.57 bits per heavy atom. The lowest BCUT2D eigenvalue weighted by molar-refractivity contribution is 0.458. The van der Waals surface area contributed by atoms with E-state index in [0.29, 0.717) is 0 Å². The molecule has 2 aliphatic heterocycles. The molecule has 0 spiro atoms. The maximum atomic E-state index is 6.19.